The van der Waals surface area contributed by atoms with Crippen LogP contribution in [0, 0.1) is 0 Å². The lowest BCUT2D eigenvalue weighted by Crippen LogP contribution is -2.54. The molecule has 0 aromatic carbocycles. The van der Waals surface area contributed by atoms with Gasteiger partial charge in [0.1, 0.15) is 6.23 Å². The minimum Gasteiger partial charge on any atom is -0.372 e. The zero-order valence-electron chi connectivity index (χ0n) is 11.9. The Bertz CT molecular complexity index is 541. The first kappa shape index (κ1) is 17.7. The summed E-state index contributed by atoms with van der Waals surface area (Å²) in [7, 11) is -4.16. The molecule has 1 aliphatic rings. The fourth-order valence-electron chi connectivity index (χ4n) is 1.53. The van der Waals surface area contributed by atoms with Crippen molar-refractivity contribution in [1.82, 2.24) is 14.9 Å². The van der Waals surface area contributed by atoms with Crippen LogP contribution in [0.5, 0.6) is 0 Å². The van der Waals surface area contributed by atoms with E-state index in [4.69, 9.17) is 11.6 Å². The Morgan fingerprint density at radius 2 is 2.14 bits per heavy atom. The molecule has 21 heavy (non-hydrogen) atoms. The van der Waals surface area contributed by atoms with Crippen molar-refractivity contribution in [1.29, 1.82) is 0 Å². The van der Waals surface area contributed by atoms with Crippen LogP contribution in [0.1, 0.15) is 20.8 Å². The standard InChI is InChI=1S/C11H19ClN4O4S/c1-11(2,3)14-9(18)15-21(19,20)10-13-5-4-6-16(10)8(17)7-12/h4-6,8,10,17H,7H2,1-3H3,(H2,14,15,18). The van der Waals surface area contributed by atoms with Crippen LogP contribution >= 0.6 is 11.6 Å². The van der Waals surface area contributed by atoms with Gasteiger partial charge in [0.05, 0.1) is 5.88 Å². The quantitative estimate of drug-likeness (QED) is 0.632. The van der Waals surface area contributed by atoms with E-state index in [9.17, 15) is 18.3 Å². The van der Waals surface area contributed by atoms with Gasteiger partial charge in [-0.15, -0.1) is 11.6 Å². The van der Waals surface area contributed by atoms with E-state index >= 15 is 0 Å². The van der Waals surface area contributed by atoms with E-state index in [0.717, 1.165) is 4.90 Å². The van der Waals surface area contributed by atoms with Crippen molar-refractivity contribution in [3.8, 4) is 0 Å². The summed E-state index contributed by atoms with van der Waals surface area (Å²) in [4.78, 5) is 16.5. The highest BCUT2D eigenvalue weighted by Gasteiger charge is 2.35. The maximum atomic E-state index is 12.2. The lowest BCUT2D eigenvalue weighted by atomic mass is 10.1. The van der Waals surface area contributed by atoms with Gasteiger partial charge in [-0.1, -0.05) is 0 Å². The molecule has 0 radical (unpaired) electrons. The first-order valence-corrected chi connectivity index (χ1v) is 8.20. The molecule has 10 heteroatoms. The molecule has 0 saturated heterocycles. The maximum absolute atomic E-state index is 12.2. The van der Waals surface area contributed by atoms with Gasteiger partial charge < -0.3 is 15.3 Å². The Hall–Kier alpha value is -1.32. The van der Waals surface area contributed by atoms with E-state index in [-0.39, 0.29) is 5.88 Å². The number of carbonyl (C=O) groups is 1. The summed E-state index contributed by atoms with van der Waals surface area (Å²) in [5.74, 6) is -0.208. The zero-order valence-corrected chi connectivity index (χ0v) is 13.5. The number of nitrogens with zero attached hydrogens (tertiary/aromatic N) is 2. The van der Waals surface area contributed by atoms with Gasteiger partial charge in [-0.25, -0.2) is 17.9 Å². The van der Waals surface area contributed by atoms with E-state index in [1.165, 1.54) is 18.5 Å². The highest BCUT2D eigenvalue weighted by atomic mass is 35.5. The van der Waals surface area contributed by atoms with E-state index in [2.05, 4.69) is 10.3 Å². The Morgan fingerprint density at radius 3 is 2.67 bits per heavy atom. The summed E-state index contributed by atoms with van der Waals surface area (Å²) in [6.45, 7) is 5.14. The highest BCUT2D eigenvalue weighted by molar-refractivity contribution is 7.90. The van der Waals surface area contributed by atoms with Crippen LogP contribution in [0.2, 0.25) is 0 Å². The van der Waals surface area contributed by atoms with Gasteiger partial charge in [0.2, 0.25) is 5.50 Å². The number of aliphatic imine (C=N–C) groups is 1. The van der Waals surface area contributed by atoms with Gasteiger partial charge in [0, 0.05) is 18.0 Å². The summed E-state index contributed by atoms with van der Waals surface area (Å²) >= 11 is 5.52. The number of alkyl halides is 1. The van der Waals surface area contributed by atoms with Gasteiger partial charge in [-0.3, -0.25) is 4.99 Å². The number of carbonyl (C=O) groups excluding carboxylic acids is 1. The van der Waals surface area contributed by atoms with Crippen molar-refractivity contribution in [2.45, 2.75) is 38.0 Å². The molecule has 1 aliphatic heterocycles. The highest BCUT2D eigenvalue weighted by Crippen LogP contribution is 2.16. The number of allylic oxidation sites excluding steroid dienone is 1. The molecule has 0 aromatic rings. The molecule has 8 nitrogen and oxygen atoms in total. The van der Waals surface area contributed by atoms with Crippen molar-refractivity contribution in [3.63, 3.8) is 0 Å². The molecule has 2 atom stereocenters. The molecule has 120 valence electrons. The van der Waals surface area contributed by atoms with Gasteiger partial charge in [0.25, 0.3) is 10.0 Å². The van der Waals surface area contributed by atoms with Gasteiger partial charge in [-0.05, 0) is 26.8 Å². The first-order chi connectivity index (χ1) is 9.57. The molecule has 0 spiro atoms. The Labute approximate surface area is 128 Å². The second-order valence-electron chi connectivity index (χ2n) is 5.40. The largest absolute Gasteiger partial charge is 0.372 e. The van der Waals surface area contributed by atoms with Crippen molar-refractivity contribution in [2.24, 2.45) is 4.99 Å². The van der Waals surface area contributed by atoms with Crippen LogP contribution in [-0.4, -0.2) is 53.8 Å². The van der Waals surface area contributed by atoms with Crippen molar-refractivity contribution >= 4 is 33.9 Å². The summed E-state index contributed by atoms with van der Waals surface area (Å²) in [5, 5.41) is 12.2. The Morgan fingerprint density at radius 1 is 1.52 bits per heavy atom. The van der Waals surface area contributed by atoms with Crippen LogP contribution in [0.25, 0.3) is 0 Å². The maximum Gasteiger partial charge on any atom is 0.328 e. The molecule has 2 amide bonds. The molecule has 0 aliphatic carbocycles. The normalized spacial score (nSPS) is 20.2. The van der Waals surface area contributed by atoms with Gasteiger partial charge in [0.15, 0.2) is 0 Å². The summed E-state index contributed by atoms with van der Waals surface area (Å²) < 4.78 is 26.3. The summed E-state index contributed by atoms with van der Waals surface area (Å²) in [6.07, 6.45) is 2.82. The lowest BCUT2D eigenvalue weighted by molar-refractivity contribution is 0.0485. The van der Waals surface area contributed by atoms with E-state index in [0.29, 0.717) is 0 Å². The molecule has 0 saturated carbocycles. The predicted molar refractivity (Wildman–Crippen MR) is 80.3 cm³/mol. The number of nitrogens with one attached hydrogen (secondary N) is 2. The molecule has 1 heterocycles. The third-order valence-electron chi connectivity index (χ3n) is 2.30. The second-order valence-corrected chi connectivity index (χ2v) is 7.42. The number of hydrogen-bond donors (Lipinski definition) is 3. The van der Waals surface area contributed by atoms with E-state index in [1.807, 2.05) is 4.72 Å². The zero-order chi connectivity index (χ0) is 16.3. The number of aliphatic hydroxyl groups excluding tert-OH is 1. The number of amides is 2. The van der Waals surface area contributed by atoms with Crippen LogP contribution in [-0.2, 0) is 10.0 Å². The number of sulfonamides is 1. The van der Waals surface area contributed by atoms with Gasteiger partial charge >= 0.3 is 6.03 Å². The number of aliphatic hydroxyl groups is 1. The molecule has 2 unspecified atom stereocenters. The third kappa shape index (κ3) is 5.18. The molecule has 0 bridgehead atoms. The predicted octanol–water partition coefficient (Wildman–Crippen LogP) is 0.155. The van der Waals surface area contributed by atoms with Crippen LogP contribution < -0.4 is 10.0 Å². The smallest absolute Gasteiger partial charge is 0.328 e. The minimum absolute atomic E-state index is 0.208. The van der Waals surface area contributed by atoms with E-state index < -0.39 is 33.3 Å². The molecule has 3 N–H and O–H groups in total. The Kier molecular flexibility index (Phi) is 5.60. The van der Waals surface area contributed by atoms with Crippen molar-refractivity contribution < 1.29 is 18.3 Å². The molecule has 1 rings (SSSR count). The lowest BCUT2D eigenvalue weighted by Gasteiger charge is -2.32. The number of urea groups is 1. The summed E-state index contributed by atoms with van der Waals surface area (Å²) in [5.41, 5.74) is -2.06. The number of rotatable bonds is 4. The third-order valence-corrected chi connectivity index (χ3v) is 3.96. The molecular formula is C11H19ClN4O4S. The van der Waals surface area contributed by atoms with E-state index in [1.54, 1.807) is 20.8 Å². The van der Waals surface area contributed by atoms with Gasteiger partial charge in [-0.2, -0.15) is 0 Å². The second kappa shape index (κ2) is 6.63. The average molecular weight is 339 g/mol. The van der Waals surface area contributed by atoms with Crippen LogP contribution in [0.3, 0.4) is 0 Å². The van der Waals surface area contributed by atoms with Crippen molar-refractivity contribution in [3.05, 3.63) is 12.3 Å². The molecule has 0 aromatic heterocycles. The number of hydrogen-bond acceptors (Lipinski definition) is 6. The Balaban J connectivity index is 2.88. The first-order valence-electron chi connectivity index (χ1n) is 6.12. The fraction of sp³-hybridized carbons (Fsp3) is 0.636. The fourth-order valence-corrected chi connectivity index (χ4v) is 2.86. The van der Waals surface area contributed by atoms with Crippen molar-refractivity contribution in [2.75, 3.05) is 5.88 Å². The topological polar surface area (TPSA) is 111 Å². The minimum atomic E-state index is -4.16. The molecule has 0 fully saturated rings. The molecular weight excluding hydrogens is 320 g/mol. The van der Waals surface area contributed by atoms with Crippen LogP contribution in [0.4, 0.5) is 4.79 Å². The summed E-state index contributed by atoms with van der Waals surface area (Å²) in [6, 6.07) is -0.868. The average Bonchev–Trinajstić information content (AvgIpc) is 2.34. The monoisotopic (exact) mass is 338 g/mol. The van der Waals surface area contributed by atoms with Crippen LogP contribution in [0.15, 0.2) is 17.3 Å². The SMILES string of the molecule is CC(C)(C)NC(=O)NS(=O)(=O)C1N=CC=CN1C(O)CCl. The number of halogens is 1.